The highest BCUT2D eigenvalue weighted by Crippen LogP contribution is 2.48. The molecule has 318 valence electrons. The Morgan fingerprint density at radius 2 is 0.909 bits per heavy atom. The molecular formula is C62H51BN2O. The molecule has 12 rings (SSSR count). The summed E-state index contributed by atoms with van der Waals surface area (Å²) in [4.78, 5) is 5.09. The zero-order chi connectivity index (χ0) is 44.9. The Hall–Kier alpha value is -7.56. The second-order valence-electron chi connectivity index (χ2n) is 20.2. The van der Waals surface area contributed by atoms with Gasteiger partial charge in [-0.25, -0.2) is 0 Å². The maximum Gasteiger partial charge on any atom is 0.252 e. The van der Waals surface area contributed by atoms with Gasteiger partial charge >= 0.3 is 0 Å². The lowest BCUT2D eigenvalue weighted by Crippen LogP contribution is -2.61. The van der Waals surface area contributed by atoms with Gasteiger partial charge in [-0.15, -0.1) is 0 Å². The van der Waals surface area contributed by atoms with Gasteiger partial charge in [-0.05, 0) is 121 Å². The van der Waals surface area contributed by atoms with Crippen molar-refractivity contribution in [3.63, 3.8) is 0 Å². The van der Waals surface area contributed by atoms with Gasteiger partial charge in [0.15, 0.2) is 0 Å². The van der Waals surface area contributed by atoms with Crippen LogP contribution >= 0.6 is 0 Å². The molecule has 1 aromatic heterocycles. The van der Waals surface area contributed by atoms with Crippen LogP contribution in [0.2, 0.25) is 0 Å². The molecule has 0 saturated heterocycles. The molecule has 2 aliphatic rings. The van der Waals surface area contributed by atoms with Gasteiger partial charge in [0, 0.05) is 50.5 Å². The average molecular weight is 851 g/mol. The molecule has 0 amide bonds. The lowest BCUT2D eigenvalue weighted by molar-refractivity contribution is 0.590. The Balaban J connectivity index is 1.11. The first kappa shape index (κ1) is 40.0. The van der Waals surface area contributed by atoms with Gasteiger partial charge in [0.2, 0.25) is 0 Å². The normalized spacial score (nSPS) is 13.2. The fourth-order valence-corrected chi connectivity index (χ4v) is 10.5. The largest absolute Gasteiger partial charge is 0.455 e. The summed E-state index contributed by atoms with van der Waals surface area (Å²) >= 11 is 0. The summed E-state index contributed by atoms with van der Waals surface area (Å²) < 4.78 is 6.53. The third kappa shape index (κ3) is 6.50. The van der Waals surface area contributed by atoms with E-state index in [9.17, 15) is 0 Å². The van der Waals surface area contributed by atoms with Crippen LogP contribution in [0.3, 0.4) is 0 Å². The first-order chi connectivity index (χ1) is 32.0. The molecule has 0 saturated carbocycles. The van der Waals surface area contributed by atoms with Crippen LogP contribution in [0.5, 0.6) is 0 Å². The first-order valence-corrected chi connectivity index (χ1v) is 23.3. The van der Waals surface area contributed by atoms with Crippen molar-refractivity contribution in [2.45, 2.75) is 52.4 Å². The summed E-state index contributed by atoms with van der Waals surface area (Å²) in [5, 5.41) is 2.28. The van der Waals surface area contributed by atoms with Gasteiger partial charge in [0.05, 0.1) is 0 Å². The van der Waals surface area contributed by atoms with Crippen LogP contribution in [-0.2, 0) is 10.8 Å². The van der Waals surface area contributed by atoms with Crippen molar-refractivity contribution in [3.05, 3.63) is 211 Å². The number of hydrogen-bond acceptors (Lipinski definition) is 3. The van der Waals surface area contributed by atoms with Gasteiger partial charge in [-0.3, -0.25) is 0 Å². The Morgan fingerprint density at radius 1 is 0.379 bits per heavy atom. The topological polar surface area (TPSA) is 19.6 Å². The van der Waals surface area contributed by atoms with Crippen molar-refractivity contribution >= 4 is 79.2 Å². The minimum Gasteiger partial charge on any atom is -0.455 e. The number of furan rings is 1. The fourth-order valence-electron chi connectivity index (χ4n) is 10.5. The lowest BCUT2D eigenvalue weighted by atomic mass is 9.33. The van der Waals surface area contributed by atoms with Crippen LogP contribution in [-0.4, -0.2) is 6.71 Å². The molecule has 0 radical (unpaired) electrons. The Kier molecular flexibility index (Phi) is 9.09. The molecular weight excluding hydrogens is 800 g/mol. The molecule has 9 aromatic carbocycles. The Labute approximate surface area is 388 Å². The van der Waals surface area contributed by atoms with Crippen LogP contribution in [0.25, 0.3) is 55.3 Å². The quantitative estimate of drug-likeness (QED) is 0.161. The third-order valence-electron chi connectivity index (χ3n) is 14.0. The van der Waals surface area contributed by atoms with Gasteiger partial charge in [-0.2, -0.15) is 0 Å². The highest BCUT2D eigenvalue weighted by atomic mass is 16.3. The van der Waals surface area contributed by atoms with Crippen LogP contribution in [0.4, 0.5) is 34.1 Å². The fraction of sp³-hybridized carbons (Fsp3) is 0.129. The van der Waals surface area contributed by atoms with E-state index < -0.39 is 0 Å². The lowest BCUT2D eigenvalue weighted by Gasteiger charge is -2.45. The summed E-state index contributed by atoms with van der Waals surface area (Å²) in [6.07, 6.45) is 0. The van der Waals surface area contributed by atoms with Gasteiger partial charge in [0.25, 0.3) is 6.71 Å². The van der Waals surface area contributed by atoms with Crippen molar-refractivity contribution in [2.75, 3.05) is 9.80 Å². The maximum absolute atomic E-state index is 6.53. The second-order valence-corrected chi connectivity index (χ2v) is 20.2. The van der Waals surface area contributed by atoms with Crippen molar-refractivity contribution in [2.24, 2.45) is 0 Å². The number of para-hydroxylation sites is 2. The molecule has 0 fully saturated rings. The van der Waals surface area contributed by atoms with Crippen LogP contribution in [0.1, 0.15) is 52.7 Å². The Bertz CT molecular complexity index is 3480. The minimum absolute atomic E-state index is 0.00671. The van der Waals surface area contributed by atoms with Crippen molar-refractivity contribution in [3.8, 4) is 33.4 Å². The standard InChI is InChI=1S/C62H51BN2O/c1-61(2,3)45-29-34-52-55(37-45)65(48-30-24-42(25-31-48)40-16-9-7-10-17-40)57-39-46(62(4,5)6)38-56-59(57)63(52)53-36-44(41-18-11-8-12-19-41)28-35-54(53)64(56)47-32-26-43(27-33-47)49-21-15-22-51-50-20-13-14-23-58(50)66-60(49)51/h7-39H,1-6H3. The molecule has 0 unspecified atom stereocenters. The summed E-state index contributed by atoms with van der Waals surface area (Å²) in [6.45, 7) is 14.0. The predicted octanol–water partition coefficient (Wildman–Crippen LogP) is 15.3. The van der Waals surface area contributed by atoms with E-state index in [2.05, 4.69) is 245 Å². The van der Waals surface area contributed by atoms with Crippen LogP contribution < -0.4 is 26.2 Å². The van der Waals surface area contributed by atoms with Crippen molar-refractivity contribution < 1.29 is 4.42 Å². The average Bonchev–Trinajstić information content (AvgIpc) is 3.73. The minimum atomic E-state index is -0.129. The molecule has 0 spiro atoms. The van der Waals surface area contributed by atoms with E-state index in [1.807, 2.05) is 6.07 Å². The summed E-state index contributed by atoms with van der Waals surface area (Å²) in [5.74, 6) is 0. The highest BCUT2D eigenvalue weighted by Gasteiger charge is 2.44. The van der Waals surface area contributed by atoms with E-state index >= 15 is 0 Å². The van der Waals surface area contributed by atoms with Crippen molar-refractivity contribution in [1.29, 1.82) is 0 Å². The number of benzene rings is 9. The summed E-state index contributed by atoms with van der Waals surface area (Å²) in [6, 6.07) is 74.1. The second kappa shape index (κ2) is 15.0. The first-order valence-electron chi connectivity index (χ1n) is 23.3. The zero-order valence-corrected chi connectivity index (χ0v) is 38.4. The summed E-state index contributed by atoms with van der Waals surface area (Å²) in [7, 11) is 0. The number of fused-ring (bicyclic) bond motifs is 7. The Morgan fingerprint density at radius 3 is 1.56 bits per heavy atom. The third-order valence-corrected chi connectivity index (χ3v) is 14.0. The molecule has 4 heteroatoms. The number of nitrogens with zero attached hydrogens (tertiary/aromatic N) is 2. The van der Waals surface area contributed by atoms with E-state index in [0.29, 0.717) is 0 Å². The predicted molar refractivity (Wildman–Crippen MR) is 281 cm³/mol. The van der Waals surface area contributed by atoms with Crippen molar-refractivity contribution in [1.82, 2.24) is 0 Å². The molecule has 0 atom stereocenters. The van der Waals surface area contributed by atoms with E-state index in [4.69, 9.17) is 4.42 Å². The molecule has 0 aliphatic carbocycles. The smallest absolute Gasteiger partial charge is 0.252 e. The van der Waals surface area contributed by atoms with Gasteiger partial charge < -0.3 is 14.2 Å². The van der Waals surface area contributed by atoms with E-state index in [1.165, 1.54) is 72.5 Å². The molecule has 3 heterocycles. The van der Waals surface area contributed by atoms with Crippen LogP contribution in [0.15, 0.2) is 205 Å². The van der Waals surface area contributed by atoms with Crippen LogP contribution in [0, 0.1) is 0 Å². The molecule has 0 N–H and O–H groups in total. The monoisotopic (exact) mass is 850 g/mol. The number of rotatable bonds is 5. The highest BCUT2D eigenvalue weighted by molar-refractivity contribution is 7.00. The van der Waals surface area contributed by atoms with E-state index in [-0.39, 0.29) is 17.5 Å². The molecule has 66 heavy (non-hydrogen) atoms. The van der Waals surface area contributed by atoms with Gasteiger partial charge in [-0.1, -0.05) is 187 Å². The zero-order valence-electron chi connectivity index (χ0n) is 38.4. The molecule has 2 aliphatic heterocycles. The number of anilines is 6. The molecule has 3 nitrogen and oxygen atoms in total. The number of hydrogen-bond donors (Lipinski definition) is 0. The van der Waals surface area contributed by atoms with Gasteiger partial charge in [0.1, 0.15) is 11.2 Å². The van der Waals surface area contributed by atoms with E-state index in [0.717, 1.165) is 44.4 Å². The van der Waals surface area contributed by atoms with E-state index in [1.54, 1.807) is 0 Å². The molecule has 10 aromatic rings. The maximum atomic E-state index is 6.53. The summed E-state index contributed by atoms with van der Waals surface area (Å²) in [5.41, 5.74) is 22.4. The molecule has 0 bridgehead atoms. The SMILES string of the molecule is CC(C)(C)c1ccc2c(c1)N(c1ccc(-c3ccccc3)cc1)c1cc(C(C)(C)C)cc3c1B2c1cc(-c2ccccc2)ccc1N3c1ccc(-c2cccc3c2oc2ccccc23)cc1.